The van der Waals surface area contributed by atoms with Crippen LogP contribution in [0.3, 0.4) is 0 Å². The van der Waals surface area contributed by atoms with Crippen molar-refractivity contribution in [2.75, 3.05) is 32.1 Å². The van der Waals surface area contributed by atoms with Gasteiger partial charge in [0.1, 0.15) is 9.88 Å². The third kappa shape index (κ3) is 4.08. The van der Waals surface area contributed by atoms with Crippen molar-refractivity contribution >= 4 is 34.3 Å². The van der Waals surface area contributed by atoms with E-state index in [1.54, 1.807) is 16.2 Å². The van der Waals surface area contributed by atoms with E-state index in [0.717, 1.165) is 33.4 Å². The summed E-state index contributed by atoms with van der Waals surface area (Å²) < 4.78 is 0. The smallest absolute Gasteiger partial charge is 0.265 e. The topological polar surface area (TPSA) is 36.4 Å². The molecule has 6 heteroatoms. The summed E-state index contributed by atoms with van der Waals surface area (Å²) in [6, 6.07) is 12.2. The molecule has 0 atom stereocenters. The Hall–Kier alpha value is -2.18. The second kappa shape index (κ2) is 7.80. The number of amides is 1. The molecule has 0 bridgehead atoms. The van der Waals surface area contributed by atoms with Gasteiger partial charge in [0.05, 0.1) is 5.69 Å². The maximum absolute atomic E-state index is 12.8. The first-order valence-electron chi connectivity index (χ1n) is 8.08. The first kappa shape index (κ1) is 17.6. The molecule has 130 valence electrons. The van der Waals surface area contributed by atoms with Crippen LogP contribution in [0.1, 0.15) is 15.4 Å². The summed E-state index contributed by atoms with van der Waals surface area (Å²) >= 11 is 3.11. The lowest BCUT2D eigenvalue weighted by molar-refractivity contribution is 0.0802. The number of carbonyl (C=O) groups is 1. The average molecular weight is 372 g/mol. The molecule has 25 heavy (non-hydrogen) atoms. The van der Waals surface area contributed by atoms with Gasteiger partial charge in [0.25, 0.3) is 5.91 Å². The number of likely N-dealkylation sites (N-methyl/N-ethyl adjacent to an activating group) is 2. The maximum atomic E-state index is 12.8. The number of para-hydroxylation sites is 1. The molecule has 0 saturated heterocycles. The fourth-order valence-corrected chi connectivity index (χ4v) is 4.26. The SMILES string of the molecule is Cc1nc(-c2ccsc2)sc1C(=O)N(C)CCN(C)c1ccccc1. The summed E-state index contributed by atoms with van der Waals surface area (Å²) in [6.07, 6.45) is 0. The molecular formula is C19H21N3OS2. The third-order valence-corrected chi connectivity index (χ3v) is 5.95. The number of anilines is 1. The number of thiophene rings is 1. The van der Waals surface area contributed by atoms with Gasteiger partial charge in [-0.25, -0.2) is 4.98 Å². The molecule has 3 aromatic rings. The Morgan fingerprint density at radius 3 is 2.56 bits per heavy atom. The Morgan fingerprint density at radius 2 is 1.88 bits per heavy atom. The monoisotopic (exact) mass is 371 g/mol. The van der Waals surface area contributed by atoms with Gasteiger partial charge in [-0.3, -0.25) is 4.79 Å². The highest BCUT2D eigenvalue weighted by atomic mass is 32.1. The Balaban J connectivity index is 1.65. The van der Waals surface area contributed by atoms with E-state index in [2.05, 4.69) is 27.4 Å². The van der Waals surface area contributed by atoms with Crippen molar-refractivity contribution < 1.29 is 4.79 Å². The van der Waals surface area contributed by atoms with Crippen LogP contribution in [0.25, 0.3) is 10.6 Å². The molecule has 0 aliphatic carbocycles. The van der Waals surface area contributed by atoms with Crippen molar-refractivity contribution in [2.45, 2.75) is 6.92 Å². The Morgan fingerprint density at radius 1 is 1.12 bits per heavy atom. The number of aryl methyl sites for hydroxylation is 1. The van der Waals surface area contributed by atoms with Gasteiger partial charge in [-0.15, -0.1) is 11.3 Å². The fourth-order valence-electron chi connectivity index (χ4n) is 2.49. The summed E-state index contributed by atoms with van der Waals surface area (Å²) in [5.41, 5.74) is 3.04. The normalized spacial score (nSPS) is 10.7. The number of hydrogen-bond donors (Lipinski definition) is 0. The minimum atomic E-state index is 0.0398. The molecule has 2 heterocycles. The van der Waals surface area contributed by atoms with Crippen molar-refractivity contribution in [1.29, 1.82) is 0 Å². The molecule has 0 spiro atoms. The van der Waals surface area contributed by atoms with Crippen LogP contribution in [0.4, 0.5) is 5.69 Å². The molecule has 1 aromatic carbocycles. The summed E-state index contributed by atoms with van der Waals surface area (Å²) in [4.78, 5) is 22.0. The van der Waals surface area contributed by atoms with Gasteiger partial charge < -0.3 is 9.80 Å². The fraction of sp³-hybridized carbons (Fsp3) is 0.263. The molecule has 2 aromatic heterocycles. The highest BCUT2D eigenvalue weighted by molar-refractivity contribution is 7.17. The van der Waals surface area contributed by atoms with E-state index in [-0.39, 0.29) is 5.91 Å². The first-order valence-corrected chi connectivity index (χ1v) is 9.84. The zero-order valence-corrected chi connectivity index (χ0v) is 16.2. The number of rotatable bonds is 6. The molecule has 0 aliphatic rings. The second-order valence-electron chi connectivity index (χ2n) is 5.93. The van der Waals surface area contributed by atoms with Crippen LogP contribution in [0.5, 0.6) is 0 Å². The lowest BCUT2D eigenvalue weighted by Gasteiger charge is -2.23. The lowest BCUT2D eigenvalue weighted by Crippen LogP contribution is -2.34. The average Bonchev–Trinajstić information content (AvgIpc) is 3.29. The van der Waals surface area contributed by atoms with Crippen LogP contribution >= 0.6 is 22.7 Å². The van der Waals surface area contributed by atoms with E-state index in [1.807, 2.05) is 50.7 Å². The standard InChI is InChI=1S/C19H21N3OS2/c1-14-17(25-18(20-14)15-9-12-24-13-15)19(23)22(3)11-10-21(2)16-7-5-4-6-8-16/h4-9,12-13H,10-11H2,1-3H3. The van der Waals surface area contributed by atoms with Gasteiger partial charge in [0.2, 0.25) is 0 Å². The van der Waals surface area contributed by atoms with Gasteiger partial charge in [0, 0.05) is 43.8 Å². The van der Waals surface area contributed by atoms with Crippen molar-refractivity contribution in [1.82, 2.24) is 9.88 Å². The molecule has 0 unspecified atom stereocenters. The molecular weight excluding hydrogens is 350 g/mol. The minimum Gasteiger partial charge on any atom is -0.373 e. The van der Waals surface area contributed by atoms with Gasteiger partial charge in [-0.1, -0.05) is 18.2 Å². The van der Waals surface area contributed by atoms with Crippen LogP contribution < -0.4 is 4.90 Å². The van der Waals surface area contributed by atoms with Crippen LogP contribution in [-0.2, 0) is 0 Å². The number of thiazole rings is 1. The van der Waals surface area contributed by atoms with E-state index < -0.39 is 0 Å². The third-order valence-electron chi connectivity index (χ3n) is 4.07. The van der Waals surface area contributed by atoms with Crippen LogP contribution in [0.15, 0.2) is 47.2 Å². The molecule has 1 amide bonds. The molecule has 3 rings (SSSR count). The molecule has 0 radical (unpaired) electrons. The highest BCUT2D eigenvalue weighted by Gasteiger charge is 2.20. The van der Waals surface area contributed by atoms with Crippen molar-refractivity contribution in [3.63, 3.8) is 0 Å². The molecule has 0 aliphatic heterocycles. The maximum Gasteiger partial charge on any atom is 0.265 e. The quantitative estimate of drug-likeness (QED) is 0.645. The summed E-state index contributed by atoms with van der Waals surface area (Å²) in [6.45, 7) is 3.35. The largest absolute Gasteiger partial charge is 0.373 e. The van der Waals surface area contributed by atoms with Crippen molar-refractivity contribution in [3.05, 3.63) is 57.7 Å². The highest BCUT2D eigenvalue weighted by Crippen LogP contribution is 2.30. The number of benzene rings is 1. The van der Waals surface area contributed by atoms with E-state index in [9.17, 15) is 4.79 Å². The number of carbonyl (C=O) groups excluding carboxylic acids is 1. The Kier molecular flexibility index (Phi) is 5.50. The molecule has 4 nitrogen and oxygen atoms in total. The van der Waals surface area contributed by atoms with Gasteiger partial charge >= 0.3 is 0 Å². The number of nitrogens with zero attached hydrogens (tertiary/aromatic N) is 3. The van der Waals surface area contributed by atoms with Gasteiger partial charge in [-0.2, -0.15) is 11.3 Å². The van der Waals surface area contributed by atoms with Gasteiger partial charge in [-0.05, 0) is 30.5 Å². The zero-order chi connectivity index (χ0) is 17.8. The van der Waals surface area contributed by atoms with Crippen molar-refractivity contribution in [2.24, 2.45) is 0 Å². The first-order chi connectivity index (χ1) is 12.1. The van der Waals surface area contributed by atoms with Gasteiger partial charge in [0.15, 0.2) is 0 Å². The predicted octanol–water partition coefficient (Wildman–Crippen LogP) is 4.39. The van der Waals surface area contributed by atoms with Crippen LogP contribution in [0, 0.1) is 6.92 Å². The van der Waals surface area contributed by atoms with E-state index in [4.69, 9.17) is 0 Å². The minimum absolute atomic E-state index is 0.0398. The summed E-state index contributed by atoms with van der Waals surface area (Å²) in [7, 11) is 3.89. The van der Waals surface area contributed by atoms with Crippen LogP contribution in [0.2, 0.25) is 0 Å². The zero-order valence-electron chi connectivity index (χ0n) is 14.6. The van der Waals surface area contributed by atoms with Crippen LogP contribution in [-0.4, -0.2) is 43.0 Å². The van der Waals surface area contributed by atoms with E-state index >= 15 is 0 Å². The van der Waals surface area contributed by atoms with Crippen molar-refractivity contribution in [3.8, 4) is 10.6 Å². The second-order valence-corrected chi connectivity index (χ2v) is 7.71. The lowest BCUT2D eigenvalue weighted by atomic mass is 10.3. The van der Waals surface area contributed by atoms with E-state index in [1.165, 1.54) is 11.3 Å². The summed E-state index contributed by atoms with van der Waals surface area (Å²) in [5.74, 6) is 0.0398. The van der Waals surface area contributed by atoms with E-state index in [0.29, 0.717) is 6.54 Å². The Labute approximate surface area is 156 Å². The summed E-state index contributed by atoms with van der Waals surface area (Å²) in [5, 5.41) is 5.00. The number of hydrogen-bond acceptors (Lipinski definition) is 5. The Bertz CT molecular complexity index is 828. The molecule has 0 saturated carbocycles. The molecule has 0 fully saturated rings. The number of aromatic nitrogens is 1. The molecule has 0 N–H and O–H groups in total. The predicted molar refractivity (Wildman–Crippen MR) is 107 cm³/mol.